The van der Waals surface area contributed by atoms with Crippen molar-refractivity contribution in [3.63, 3.8) is 0 Å². The van der Waals surface area contributed by atoms with E-state index in [1.807, 2.05) is 45.0 Å². The van der Waals surface area contributed by atoms with Crippen molar-refractivity contribution >= 4 is 59.4 Å². The van der Waals surface area contributed by atoms with Crippen LogP contribution in [0.2, 0.25) is 0 Å². The van der Waals surface area contributed by atoms with Gasteiger partial charge in [-0.1, -0.05) is 52.7 Å². The molecule has 0 unspecified atom stereocenters. The second-order valence-corrected chi connectivity index (χ2v) is 13.4. The lowest BCUT2D eigenvalue weighted by atomic mass is 10.1. The number of halogens is 2. The van der Waals surface area contributed by atoms with E-state index in [0.717, 1.165) is 26.3 Å². The summed E-state index contributed by atoms with van der Waals surface area (Å²) in [6, 6.07) is 17.8. The molecule has 3 rings (SSSR count). The van der Waals surface area contributed by atoms with Crippen LogP contribution in [-0.2, 0) is 26.2 Å². The highest BCUT2D eigenvalue weighted by Crippen LogP contribution is 2.31. The highest BCUT2D eigenvalue weighted by molar-refractivity contribution is 9.10. The Morgan fingerprint density at radius 3 is 2.27 bits per heavy atom. The molecule has 1 N–H and O–H groups in total. The third kappa shape index (κ3) is 8.33. The van der Waals surface area contributed by atoms with E-state index in [0.29, 0.717) is 15.9 Å². The zero-order valence-corrected chi connectivity index (χ0v) is 27.7. The van der Waals surface area contributed by atoms with Crippen LogP contribution in [0, 0.1) is 6.92 Å². The first kappa shape index (κ1) is 32.6. The molecule has 0 radical (unpaired) electrons. The summed E-state index contributed by atoms with van der Waals surface area (Å²) in [5.41, 5.74) is 2.06. The zero-order valence-electron chi connectivity index (χ0n) is 23.7. The predicted octanol–water partition coefficient (Wildman–Crippen LogP) is 6.06. The largest absolute Gasteiger partial charge is 0.496 e. The first-order valence-electron chi connectivity index (χ1n) is 13.1. The van der Waals surface area contributed by atoms with Gasteiger partial charge in [0, 0.05) is 17.1 Å². The molecule has 41 heavy (non-hydrogen) atoms. The third-order valence-corrected chi connectivity index (χ3v) is 9.61. The van der Waals surface area contributed by atoms with E-state index in [9.17, 15) is 18.0 Å². The molecule has 0 aliphatic rings. The fraction of sp³-hybridized carbons (Fsp3) is 0.333. The molecule has 0 aliphatic heterocycles. The number of nitrogens with zero attached hydrogens (tertiary/aromatic N) is 2. The number of rotatable bonds is 12. The van der Waals surface area contributed by atoms with Gasteiger partial charge >= 0.3 is 0 Å². The Morgan fingerprint density at radius 1 is 1.00 bits per heavy atom. The Labute approximate surface area is 259 Å². The normalized spacial score (nSPS) is 12.8. The number of aryl methyl sites for hydroxylation is 1. The standard InChI is InChI=1S/C30H35Br2N3O5S/c1-6-21(3)33-30(37)22(4)34(18-23-8-7-9-24(31)16-23)29(36)19-35(25-12-10-20(2)11-13-25)41(38,39)26-14-15-28(40-5)27(32)17-26/h7-17,21-22H,6,18-19H2,1-5H3,(H,33,37)/t21-,22+/m0/s1. The number of anilines is 1. The molecule has 8 nitrogen and oxygen atoms in total. The molecule has 2 atom stereocenters. The molecule has 11 heteroatoms. The topological polar surface area (TPSA) is 96.0 Å². The number of carbonyl (C=O) groups is 2. The Hall–Kier alpha value is -2.89. The minimum atomic E-state index is -4.20. The van der Waals surface area contributed by atoms with Gasteiger partial charge in [0.15, 0.2) is 0 Å². The molecule has 3 aromatic rings. The maximum atomic E-state index is 14.0. The molecule has 3 aromatic carbocycles. The van der Waals surface area contributed by atoms with Gasteiger partial charge < -0.3 is 15.0 Å². The van der Waals surface area contributed by atoms with Crippen molar-refractivity contribution in [2.45, 2.75) is 57.6 Å². The smallest absolute Gasteiger partial charge is 0.264 e. The van der Waals surface area contributed by atoms with Gasteiger partial charge in [-0.2, -0.15) is 0 Å². The molecule has 0 spiro atoms. The molecular weight excluding hydrogens is 674 g/mol. The predicted molar refractivity (Wildman–Crippen MR) is 168 cm³/mol. The second-order valence-electron chi connectivity index (χ2n) is 9.79. The molecule has 0 heterocycles. The maximum absolute atomic E-state index is 14.0. The van der Waals surface area contributed by atoms with E-state index in [1.165, 1.54) is 24.1 Å². The molecule has 0 saturated carbocycles. The Kier molecular flexibility index (Phi) is 11.4. The van der Waals surface area contributed by atoms with Gasteiger partial charge in [0.1, 0.15) is 18.3 Å². The summed E-state index contributed by atoms with van der Waals surface area (Å²) in [6.45, 7) is 7.00. The van der Waals surface area contributed by atoms with Gasteiger partial charge in [0.2, 0.25) is 11.8 Å². The average Bonchev–Trinajstić information content (AvgIpc) is 2.94. The summed E-state index contributed by atoms with van der Waals surface area (Å²) in [4.78, 5) is 28.6. The van der Waals surface area contributed by atoms with Crippen molar-refractivity contribution in [1.82, 2.24) is 10.2 Å². The van der Waals surface area contributed by atoms with Crippen LogP contribution >= 0.6 is 31.9 Å². The van der Waals surface area contributed by atoms with Gasteiger partial charge in [-0.05, 0) is 91.1 Å². The van der Waals surface area contributed by atoms with Crippen molar-refractivity contribution in [2.24, 2.45) is 0 Å². The molecular formula is C30H35Br2N3O5S. The van der Waals surface area contributed by atoms with Crippen LogP contribution in [0.4, 0.5) is 5.69 Å². The lowest BCUT2D eigenvalue weighted by Crippen LogP contribution is -2.52. The number of benzene rings is 3. The zero-order chi connectivity index (χ0) is 30.3. The fourth-order valence-electron chi connectivity index (χ4n) is 4.05. The van der Waals surface area contributed by atoms with Crippen LogP contribution in [-0.4, -0.2) is 50.9 Å². The lowest BCUT2D eigenvalue weighted by Gasteiger charge is -2.32. The minimum Gasteiger partial charge on any atom is -0.496 e. The summed E-state index contributed by atoms with van der Waals surface area (Å²) >= 11 is 6.82. The Balaban J connectivity index is 2.05. The van der Waals surface area contributed by atoms with Crippen molar-refractivity contribution < 1.29 is 22.7 Å². The van der Waals surface area contributed by atoms with Crippen molar-refractivity contribution in [1.29, 1.82) is 0 Å². The number of nitrogens with one attached hydrogen (secondary N) is 1. The molecule has 2 amide bonds. The quantitative estimate of drug-likeness (QED) is 0.247. The van der Waals surface area contributed by atoms with E-state index in [-0.39, 0.29) is 23.4 Å². The van der Waals surface area contributed by atoms with Gasteiger partial charge in [0.25, 0.3) is 10.0 Å². The molecule has 0 bridgehead atoms. The SMILES string of the molecule is CC[C@H](C)NC(=O)[C@@H](C)N(Cc1cccc(Br)c1)C(=O)CN(c1ccc(C)cc1)S(=O)(=O)c1ccc(OC)c(Br)c1. The first-order valence-corrected chi connectivity index (χ1v) is 16.2. The van der Waals surface area contributed by atoms with Crippen LogP contribution in [0.5, 0.6) is 5.75 Å². The van der Waals surface area contributed by atoms with Crippen LogP contribution in [0.1, 0.15) is 38.3 Å². The van der Waals surface area contributed by atoms with Crippen molar-refractivity contribution in [2.75, 3.05) is 18.0 Å². The number of carbonyl (C=O) groups excluding carboxylic acids is 2. The van der Waals surface area contributed by atoms with Gasteiger partial charge in [-0.15, -0.1) is 0 Å². The van der Waals surface area contributed by atoms with E-state index in [4.69, 9.17) is 4.74 Å². The highest BCUT2D eigenvalue weighted by atomic mass is 79.9. The molecule has 0 saturated heterocycles. The summed E-state index contributed by atoms with van der Waals surface area (Å²) in [5, 5.41) is 2.94. The average molecular weight is 710 g/mol. The van der Waals surface area contributed by atoms with Crippen LogP contribution < -0.4 is 14.4 Å². The Morgan fingerprint density at radius 2 is 1.68 bits per heavy atom. The maximum Gasteiger partial charge on any atom is 0.264 e. The fourth-order valence-corrected chi connectivity index (χ4v) is 6.63. The summed E-state index contributed by atoms with van der Waals surface area (Å²) in [7, 11) is -2.71. The number of sulfonamides is 1. The monoisotopic (exact) mass is 707 g/mol. The third-order valence-electron chi connectivity index (χ3n) is 6.72. The highest BCUT2D eigenvalue weighted by Gasteiger charge is 2.33. The van der Waals surface area contributed by atoms with Gasteiger partial charge in [0.05, 0.1) is 22.2 Å². The van der Waals surface area contributed by atoms with Crippen LogP contribution in [0.15, 0.2) is 80.6 Å². The lowest BCUT2D eigenvalue weighted by molar-refractivity contribution is -0.139. The molecule has 0 aliphatic carbocycles. The molecule has 0 fully saturated rings. The molecule has 220 valence electrons. The van der Waals surface area contributed by atoms with Crippen molar-refractivity contribution in [3.8, 4) is 5.75 Å². The number of ether oxygens (including phenoxy) is 1. The van der Waals surface area contributed by atoms with Crippen LogP contribution in [0.25, 0.3) is 0 Å². The number of methoxy groups -OCH3 is 1. The molecule has 0 aromatic heterocycles. The second kappa shape index (κ2) is 14.3. The number of hydrogen-bond acceptors (Lipinski definition) is 5. The summed E-state index contributed by atoms with van der Waals surface area (Å²) in [6.07, 6.45) is 0.731. The summed E-state index contributed by atoms with van der Waals surface area (Å²) < 4.78 is 35.7. The minimum absolute atomic E-state index is 0.0142. The first-order chi connectivity index (χ1) is 19.4. The van der Waals surface area contributed by atoms with E-state index < -0.39 is 28.5 Å². The van der Waals surface area contributed by atoms with Crippen LogP contribution in [0.3, 0.4) is 0 Å². The number of amides is 2. The summed E-state index contributed by atoms with van der Waals surface area (Å²) in [5.74, 6) is -0.358. The number of hydrogen-bond donors (Lipinski definition) is 1. The van der Waals surface area contributed by atoms with Gasteiger partial charge in [-0.25, -0.2) is 8.42 Å². The van der Waals surface area contributed by atoms with Crippen molar-refractivity contribution in [3.05, 3.63) is 86.8 Å². The van der Waals surface area contributed by atoms with E-state index in [2.05, 4.69) is 37.2 Å². The van der Waals surface area contributed by atoms with E-state index in [1.54, 1.807) is 37.3 Å². The van der Waals surface area contributed by atoms with Gasteiger partial charge in [-0.3, -0.25) is 13.9 Å². The Bertz CT molecular complexity index is 1480. The van der Waals surface area contributed by atoms with E-state index >= 15 is 0 Å².